The first kappa shape index (κ1) is 20.6. The SMILES string of the molecule is Cc1sc(C(N)=O)c(C#N)c1C(=O)N1CC2CN(CCCc3ccccc3)C[C@H]2C1. The van der Waals surface area contributed by atoms with Crippen molar-refractivity contribution in [2.75, 3.05) is 32.7 Å². The van der Waals surface area contributed by atoms with E-state index in [1.165, 1.54) is 5.56 Å². The second-order valence-corrected chi connectivity index (χ2v) is 9.52. The largest absolute Gasteiger partial charge is 0.365 e. The van der Waals surface area contributed by atoms with Crippen molar-refractivity contribution in [1.82, 2.24) is 9.80 Å². The van der Waals surface area contributed by atoms with E-state index in [0.717, 1.165) is 43.8 Å². The van der Waals surface area contributed by atoms with E-state index in [9.17, 15) is 14.9 Å². The number of nitrogens with zero attached hydrogens (tertiary/aromatic N) is 3. The molecular weight excluding hydrogens is 396 g/mol. The molecule has 2 atom stereocenters. The van der Waals surface area contributed by atoms with E-state index in [2.05, 4.69) is 29.2 Å². The summed E-state index contributed by atoms with van der Waals surface area (Å²) in [7, 11) is 0. The maximum atomic E-state index is 13.1. The molecule has 1 unspecified atom stereocenters. The normalized spacial score (nSPS) is 20.9. The average molecular weight is 423 g/mol. The van der Waals surface area contributed by atoms with Crippen LogP contribution < -0.4 is 5.73 Å². The Kier molecular flexibility index (Phi) is 5.89. The molecule has 2 N–H and O–H groups in total. The first-order valence-corrected chi connectivity index (χ1v) is 11.2. The number of primary amides is 1. The van der Waals surface area contributed by atoms with E-state index in [1.54, 1.807) is 6.92 Å². The summed E-state index contributed by atoms with van der Waals surface area (Å²) in [5, 5.41) is 9.49. The number of nitriles is 1. The third-order valence-corrected chi connectivity index (χ3v) is 7.39. The van der Waals surface area contributed by atoms with Gasteiger partial charge in [-0.25, -0.2) is 0 Å². The fourth-order valence-corrected chi connectivity index (χ4v) is 5.78. The maximum Gasteiger partial charge on any atom is 0.260 e. The maximum absolute atomic E-state index is 13.1. The van der Waals surface area contributed by atoms with Gasteiger partial charge in [-0.05, 0) is 43.7 Å². The Bertz CT molecular complexity index is 981. The van der Waals surface area contributed by atoms with Gasteiger partial charge in [0.2, 0.25) is 0 Å². The number of rotatable bonds is 6. The predicted molar refractivity (Wildman–Crippen MR) is 116 cm³/mol. The van der Waals surface area contributed by atoms with Crippen molar-refractivity contribution in [2.45, 2.75) is 19.8 Å². The van der Waals surface area contributed by atoms with Crippen molar-refractivity contribution in [3.63, 3.8) is 0 Å². The van der Waals surface area contributed by atoms with Gasteiger partial charge in [0.1, 0.15) is 10.9 Å². The summed E-state index contributed by atoms with van der Waals surface area (Å²) in [6.07, 6.45) is 2.23. The van der Waals surface area contributed by atoms with E-state index in [0.29, 0.717) is 35.4 Å². The number of benzene rings is 1. The van der Waals surface area contributed by atoms with Gasteiger partial charge in [-0.1, -0.05) is 30.3 Å². The lowest BCUT2D eigenvalue weighted by Crippen LogP contribution is -2.34. The number of thiophene rings is 1. The summed E-state index contributed by atoms with van der Waals surface area (Å²) in [6.45, 7) is 6.32. The number of aryl methyl sites for hydroxylation is 2. The Morgan fingerprint density at radius 3 is 2.43 bits per heavy atom. The minimum Gasteiger partial charge on any atom is -0.365 e. The number of nitrogens with two attached hydrogens (primary N) is 1. The molecule has 7 heteroatoms. The second kappa shape index (κ2) is 8.58. The average Bonchev–Trinajstić information content (AvgIpc) is 3.39. The lowest BCUT2D eigenvalue weighted by molar-refractivity contribution is 0.0773. The summed E-state index contributed by atoms with van der Waals surface area (Å²) in [6, 6.07) is 12.6. The fourth-order valence-electron chi connectivity index (χ4n) is 4.83. The summed E-state index contributed by atoms with van der Waals surface area (Å²) in [5.41, 5.74) is 7.25. The van der Waals surface area contributed by atoms with Gasteiger partial charge in [-0.2, -0.15) is 5.26 Å². The lowest BCUT2D eigenvalue weighted by atomic mass is 10.0. The summed E-state index contributed by atoms with van der Waals surface area (Å²) in [4.78, 5) is 30.0. The highest BCUT2D eigenvalue weighted by Gasteiger charge is 2.42. The van der Waals surface area contributed by atoms with Gasteiger partial charge in [0.25, 0.3) is 11.8 Å². The van der Waals surface area contributed by atoms with E-state index < -0.39 is 5.91 Å². The van der Waals surface area contributed by atoms with Crippen molar-refractivity contribution in [3.05, 3.63) is 56.8 Å². The first-order chi connectivity index (χ1) is 14.5. The van der Waals surface area contributed by atoms with Crippen molar-refractivity contribution in [1.29, 1.82) is 5.26 Å². The van der Waals surface area contributed by atoms with Crippen LogP contribution in [0, 0.1) is 30.1 Å². The molecule has 2 fully saturated rings. The van der Waals surface area contributed by atoms with E-state index in [4.69, 9.17) is 5.73 Å². The molecule has 0 spiro atoms. The topological polar surface area (TPSA) is 90.4 Å². The molecule has 0 aliphatic carbocycles. The Hall–Kier alpha value is -2.69. The molecule has 156 valence electrons. The van der Waals surface area contributed by atoms with E-state index in [-0.39, 0.29) is 16.3 Å². The molecule has 2 aromatic rings. The molecule has 2 aliphatic rings. The van der Waals surface area contributed by atoms with Crippen molar-refractivity contribution in [3.8, 4) is 6.07 Å². The highest BCUT2D eigenvalue weighted by atomic mass is 32.1. The summed E-state index contributed by atoms with van der Waals surface area (Å²) >= 11 is 1.14. The van der Waals surface area contributed by atoms with Crippen LogP contribution in [0.25, 0.3) is 0 Å². The third kappa shape index (κ3) is 3.98. The van der Waals surface area contributed by atoms with Gasteiger partial charge < -0.3 is 15.5 Å². The highest BCUT2D eigenvalue weighted by molar-refractivity contribution is 7.14. The lowest BCUT2D eigenvalue weighted by Gasteiger charge is -2.22. The quantitative estimate of drug-likeness (QED) is 0.775. The molecular formula is C23H26N4O2S. The second-order valence-electron chi connectivity index (χ2n) is 8.29. The number of carbonyl (C=O) groups is 2. The van der Waals surface area contributed by atoms with E-state index >= 15 is 0 Å². The van der Waals surface area contributed by atoms with Gasteiger partial charge in [0.15, 0.2) is 0 Å². The standard InChI is InChI=1S/C23H26N4O2S/c1-15-20(19(10-24)21(30-15)22(25)28)23(29)27-13-17-11-26(12-18(17)14-27)9-5-8-16-6-3-2-4-7-16/h2-4,6-7,17-18H,5,8-9,11-14H2,1H3,(H2,25,28)/t17-,18?/m0/s1. The number of likely N-dealkylation sites (tertiary alicyclic amines) is 2. The van der Waals surface area contributed by atoms with Gasteiger partial charge in [0.05, 0.1) is 11.1 Å². The van der Waals surface area contributed by atoms with Crippen molar-refractivity contribution < 1.29 is 9.59 Å². The Balaban J connectivity index is 1.34. The molecule has 2 saturated heterocycles. The molecule has 0 bridgehead atoms. The molecule has 2 aliphatic heterocycles. The number of hydrogen-bond donors (Lipinski definition) is 1. The first-order valence-electron chi connectivity index (χ1n) is 10.4. The number of fused-ring (bicyclic) bond motifs is 1. The van der Waals surface area contributed by atoms with Gasteiger partial charge in [-0.3, -0.25) is 9.59 Å². The van der Waals surface area contributed by atoms with Crippen LogP contribution >= 0.6 is 11.3 Å². The van der Waals surface area contributed by atoms with Crippen LogP contribution in [-0.4, -0.2) is 54.3 Å². The van der Waals surface area contributed by atoms with Crippen LogP contribution in [0.15, 0.2) is 30.3 Å². The zero-order valence-corrected chi connectivity index (χ0v) is 18.0. The smallest absolute Gasteiger partial charge is 0.260 e. The molecule has 3 heterocycles. The van der Waals surface area contributed by atoms with Gasteiger partial charge in [0, 0.05) is 31.1 Å². The Morgan fingerprint density at radius 2 is 1.83 bits per heavy atom. The number of hydrogen-bond acceptors (Lipinski definition) is 5. The van der Waals surface area contributed by atoms with Crippen LogP contribution in [0.5, 0.6) is 0 Å². The summed E-state index contributed by atoms with van der Waals surface area (Å²) in [5.74, 6) is 0.164. The van der Waals surface area contributed by atoms with Crippen molar-refractivity contribution >= 4 is 23.2 Å². The van der Waals surface area contributed by atoms with Crippen LogP contribution in [-0.2, 0) is 6.42 Å². The number of carbonyl (C=O) groups excluding carboxylic acids is 2. The molecule has 0 saturated carbocycles. The minimum absolute atomic E-state index is 0.134. The van der Waals surface area contributed by atoms with Crippen LogP contribution in [0.1, 0.15) is 42.5 Å². The minimum atomic E-state index is -0.650. The zero-order chi connectivity index (χ0) is 21.3. The molecule has 1 aromatic heterocycles. The van der Waals surface area contributed by atoms with Crippen molar-refractivity contribution in [2.24, 2.45) is 17.6 Å². The predicted octanol–water partition coefficient (Wildman–Crippen LogP) is 2.66. The van der Waals surface area contributed by atoms with Gasteiger partial charge >= 0.3 is 0 Å². The molecule has 4 rings (SSSR count). The molecule has 30 heavy (non-hydrogen) atoms. The van der Waals surface area contributed by atoms with Crippen LogP contribution in [0.3, 0.4) is 0 Å². The van der Waals surface area contributed by atoms with Crippen LogP contribution in [0.4, 0.5) is 0 Å². The summed E-state index contributed by atoms with van der Waals surface area (Å²) < 4.78 is 0. The third-order valence-electron chi connectivity index (χ3n) is 6.27. The molecule has 0 radical (unpaired) electrons. The molecule has 6 nitrogen and oxygen atoms in total. The zero-order valence-electron chi connectivity index (χ0n) is 17.1. The molecule has 1 aromatic carbocycles. The number of amides is 2. The van der Waals surface area contributed by atoms with E-state index in [1.807, 2.05) is 17.0 Å². The Morgan fingerprint density at radius 1 is 1.17 bits per heavy atom. The highest BCUT2D eigenvalue weighted by Crippen LogP contribution is 2.34. The molecule has 2 amide bonds. The monoisotopic (exact) mass is 422 g/mol. The fraction of sp³-hybridized carbons (Fsp3) is 0.435. The Labute approximate surface area is 180 Å². The van der Waals surface area contributed by atoms with Gasteiger partial charge in [-0.15, -0.1) is 11.3 Å². The van der Waals surface area contributed by atoms with Crippen LogP contribution in [0.2, 0.25) is 0 Å².